The number of para-hydroxylation sites is 1. The van der Waals surface area contributed by atoms with E-state index in [1.807, 2.05) is 12.1 Å². The van der Waals surface area contributed by atoms with E-state index in [0.29, 0.717) is 24.0 Å². The average Bonchev–Trinajstić information content (AvgIpc) is 2.68. The Morgan fingerprint density at radius 1 is 1.32 bits per heavy atom. The van der Waals surface area contributed by atoms with Crippen LogP contribution in [-0.2, 0) is 6.42 Å². The predicted octanol–water partition coefficient (Wildman–Crippen LogP) is 2.05. The van der Waals surface area contributed by atoms with E-state index in [2.05, 4.69) is 24.1 Å². The van der Waals surface area contributed by atoms with Crippen molar-refractivity contribution in [1.82, 2.24) is 4.90 Å². The number of hydrogen-bond donors (Lipinski definition) is 1. The fraction of sp³-hybridized carbons (Fsp3) is 0.625. The Morgan fingerprint density at radius 2 is 2.11 bits per heavy atom. The van der Waals surface area contributed by atoms with Crippen molar-refractivity contribution in [3.8, 4) is 5.75 Å². The maximum absolute atomic E-state index is 6.43. The molecule has 19 heavy (non-hydrogen) atoms. The average molecular weight is 260 g/mol. The molecule has 2 heterocycles. The Labute approximate surface area is 115 Å². The highest BCUT2D eigenvalue weighted by atomic mass is 16.5. The second-order valence-electron chi connectivity index (χ2n) is 6.04. The molecule has 2 fully saturated rings. The molecule has 2 aliphatic rings. The first-order valence-electron chi connectivity index (χ1n) is 7.30. The number of nitrogens with zero attached hydrogens (tertiary/aromatic N) is 1. The van der Waals surface area contributed by atoms with E-state index < -0.39 is 0 Å². The molecule has 0 aromatic heterocycles. The number of fused-ring (bicyclic) bond motifs is 2. The zero-order valence-electron chi connectivity index (χ0n) is 11.9. The van der Waals surface area contributed by atoms with Crippen LogP contribution in [0.5, 0.6) is 5.75 Å². The summed E-state index contributed by atoms with van der Waals surface area (Å²) in [6.07, 6.45) is 4.80. The standard InChI is InChI=1S/C16H24N2O/c1-18-12-7-8-15(18)13(14(17)10-12)9-11-5-3-4-6-16(11)19-2/h3-6,12-15H,7-10,17H2,1-2H3/t12-,13+,14+,15-/m1/s1. The lowest BCUT2D eigenvalue weighted by atomic mass is 9.81. The molecule has 0 saturated carbocycles. The van der Waals surface area contributed by atoms with Gasteiger partial charge in [0.25, 0.3) is 0 Å². The Hall–Kier alpha value is -1.06. The number of nitrogens with two attached hydrogens (primary N) is 1. The van der Waals surface area contributed by atoms with E-state index in [0.717, 1.165) is 18.6 Å². The van der Waals surface area contributed by atoms with Crippen molar-refractivity contribution in [2.24, 2.45) is 11.7 Å². The molecule has 2 saturated heterocycles. The Morgan fingerprint density at radius 3 is 2.89 bits per heavy atom. The van der Waals surface area contributed by atoms with Crippen LogP contribution < -0.4 is 10.5 Å². The van der Waals surface area contributed by atoms with Gasteiger partial charge in [0.2, 0.25) is 0 Å². The lowest BCUT2D eigenvalue weighted by Gasteiger charge is -2.41. The highest BCUT2D eigenvalue weighted by Crippen LogP contribution is 2.39. The number of hydrogen-bond acceptors (Lipinski definition) is 3. The molecular weight excluding hydrogens is 236 g/mol. The third-order valence-corrected chi connectivity index (χ3v) is 5.13. The van der Waals surface area contributed by atoms with Crippen molar-refractivity contribution in [1.29, 1.82) is 0 Å². The fourth-order valence-electron chi connectivity index (χ4n) is 4.03. The van der Waals surface area contributed by atoms with Gasteiger partial charge in [0.05, 0.1) is 7.11 Å². The zero-order chi connectivity index (χ0) is 13.4. The van der Waals surface area contributed by atoms with Gasteiger partial charge in [-0.2, -0.15) is 0 Å². The number of piperidine rings is 1. The monoisotopic (exact) mass is 260 g/mol. The Kier molecular flexibility index (Phi) is 3.50. The van der Waals surface area contributed by atoms with Crippen molar-refractivity contribution in [3.05, 3.63) is 29.8 Å². The molecule has 0 unspecified atom stereocenters. The highest BCUT2D eigenvalue weighted by Gasteiger charge is 2.44. The Bertz CT molecular complexity index is 448. The molecule has 3 nitrogen and oxygen atoms in total. The molecule has 2 aliphatic heterocycles. The molecular formula is C16H24N2O. The maximum atomic E-state index is 6.43. The van der Waals surface area contributed by atoms with Gasteiger partial charge in [-0.1, -0.05) is 18.2 Å². The van der Waals surface area contributed by atoms with Crippen LogP contribution in [0, 0.1) is 5.92 Å². The van der Waals surface area contributed by atoms with Gasteiger partial charge in [-0.05, 0) is 50.3 Å². The molecule has 1 aromatic rings. The summed E-state index contributed by atoms with van der Waals surface area (Å²) in [4.78, 5) is 2.56. The third kappa shape index (κ3) is 2.26. The summed E-state index contributed by atoms with van der Waals surface area (Å²) in [5.74, 6) is 1.55. The maximum Gasteiger partial charge on any atom is 0.122 e. The van der Waals surface area contributed by atoms with Crippen molar-refractivity contribution in [2.45, 2.75) is 43.8 Å². The van der Waals surface area contributed by atoms with E-state index in [4.69, 9.17) is 10.5 Å². The summed E-state index contributed by atoms with van der Waals surface area (Å²) in [6.45, 7) is 0. The van der Waals surface area contributed by atoms with E-state index >= 15 is 0 Å². The van der Waals surface area contributed by atoms with E-state index in [1.165, 1.54) is 18.4 Å². The van der Waals surface area contributed by atoms with Gasteiger partial charge in [0.1, 0.15) is 5.75 Å². The van der Waals surface area contributed by atoms with Gasteiger partial charge in [-0.3, -0.25) is 0 Å². The topological polar surface area (TPSA) is 38.5 Å². The van der Waals surface area contributed by atoms with E-state index in [-0.39, 0.29) is 0 Å². The quantitative estimate of drug-likeness (QED) is 0.904. The molecule has 4 atom stereocenters. The predicted molar refractivity (Wildman–Crippen MR) is 77.4 cm³/mol. The summed E-state index contributed by atoms with van der Waals surface area (Å²) in [7, 11) is 4.01. The molecule has 2 N–H and O–H groups in total. The minimum atomic E-state index is 0.332. The number of ether oxygens (including phenoxy) is 1. The molecule has 3 rings (SSSR count). The van der Waals surface area contributed by atoms with Crippen LogP contribution in [0.3, 0.4) is 0 Å². The molecule has 0 amide bonds. The van der Waals surface area contributed by atoms with Crippen LogP contribution in [0.1, 0.15) is 24.8 Å². The summed E-state index contributed by atoms with van der Waals surface area (Å²) in [5, 5.41) is 0. The summed E-state index contributed by atoms with van der Waals surface area (Å²) in [6, 6.07) is 10.0. The fourth-order valence-corrected chi connectivity index (χ4v) is 4.03. The van der Waals surface area contributed by atoms with Gasteiger partial charge in [-0.25, -0.2) is 0 Å². The first-order valence-corrected chi connectivity index (χ1v) is 7.30. The molecule has 2 bridgehead atoms. The molecule has 0 radical (unpaired) electrons. The van der Waals surface area contributed by atoms with Crippen molar-refractivity contribution in [3.63, 3.8) is 0 Å². The van der Waals surface area contributed by atoms with Gasteiger partial charge >= 0.3 is 0 Å². The number of methoxy groups -OCH3 is 1. The lowest BCUT2D eigenvalue weighted by Crippen LogP contribution is -2.53. The lowest BCUT2D eigenvalue weighted by molar-refractivity contribution is 0.101. The number of benzene rings is 1. The highest BCUT2D eigenvalue weighted by molar-refractivity contribution is 5.34. The van der Waals surface area contributed by atoms with E-state index in [1.54, 1.807) is 7.11 Å². The molecule has 1 aromatic carbocycles. The number of rotatable bonds is 3. The van der Waals surface area contributed by atoms with Gasteiger partial charge in [-0.15, -0.1) is 0 Å². The summed E-state index contributed by atoms with van der Waals surface area (Å²) >= 11 is 0. The smallest absolute Gasteiger partial charge is 0.122 e. The minimum absolute atomic E-state index is 0.332. The van der Waals surface area contributed by atoms with Gasteiger partial charge in [0.15, 0.2) is 0 Å². The largest absolute Gasteiger partial charge is 0.496 e. The summed E-state index contributed by atoms with van der Waals surface area (Å²) in [5.41, 5.74) is 7.73. The molecule has 0 aliphatic carbocycles. The third-order valence-electron chi connectivity index (χ3n) is 5.13. The van der Waals surface area contributed by atoms with Crippen molar-refractivity contribution < 1.29 is 4.74 Å². The Balaban J connectivity index is 1.81. The van der Waals surface area contributed by atoms with Crippen LogP contribution >= 0.6 is 0 Å². The zero-order valence-corrected chi connectivity index (χ0v) is 11.9. The van der Waals surface area contributed by atoms with Crippen molar-refractivity contribution >= 4 is 0 Å². The second kappa shape index (κ2) is 5.14. The summed E-state index contributed by atoms with van der Waals surface area (Å²) < 4.78 is 5.47. The minimum Gasteiger partial charge on any atom is -0.496 e. The van der Waals surface area contributed by atoms with Crippen LogP contribution in [-0.4, -0.2) is 37.2 Å². The molecule has 0 spiro atoms. The first kappa shape index (κ1) is 12.9. The van der Waals surface area contributed by atoms with Crippen molar-refractivity contribution in [2.75, 3.05) is 14.2 Å². The molecule has 104 valence electrons. The van der Waals surface area contributed by atoms with Gasteiger partial charge < -0.3 is 15.4 Å². The van der Waals surface area contributed by atoms with Crippen LogP contribution in [0.25, 0.3) is 0 Å². The first-order chi connectivity index (χ1) is 9.20. The van der Waals surface area contributed by atoms with Crippen LogP contribution in [0.2, 0.25) is 0 Å². The normalized spacial score (nSPS) is 34.5. The van der Waals surface area contributed by atoms with Gasteiger partial charge in [0, 0.05) is 18.1 Å². The van der Waals surface area contributed by atoms with Crippen LogP contribution in [0.4, 0.5) is 0 Å². The van der Waals surface area contributed by atoms with Crippen LogP contribution in [0.15, 0.2) is 24.3 Å². The van der Waals surface area contributed by atoms with E-state index in [9.17, 15) is 0 Å². The SMILES string of the molecule is COc1ccccc1C[C@@H]1[C@H]2CC[C@H](C[C@@H]1N)N2C. The molecule has 3 heteroatoms. The second-order valence-corrected chi connectivity index (χ2v) is 6.04.